The summed E-state index contributed by atoms with van der Waals surface area (Å²) in [5.41, 5.74) is 8.35. The van der Waals surface area contributed by atoms with E-state index in [-0.39, 0.29) is 11.8 Å². The maximum atomic E-state index is 13.0. The van der Waals surface area contributed by atoms with Crippen molar-refractivity contribution in [3.8, 4) is 0 Å². The number of allylic oxidation sites excluding steroid dienone is 2. The van der Waals surface area contributed by atoms with Crippen molar-refractivity contribution < 1.29 is 28.3 Å². The summed E-state index contributed by atoms with van der Waals surface area (Å²) in [6.45, 7) is 8.29. The summed E-state index contributed by atoms with van der Waals surface area (Å²) in [7, 11) is 0. The van der Waals surface area contributed by atoms with Crippen molar-refractivity contribution >= 4 is 35.8 Å². The van der Waals surface area contributed by atoms with Crippen LogP contribution in [0.1, 0.15) is 81.9 Å². The molecule has 2 amide bonds. The number of nitrogens with zero attached hydrogens (tertiary/aromatic N) is 2. The number of likely N-dealkylation sites (tertiary alicyclic amines) is 2. The second kappa shape index (κ2) is 12.5. The molecule has 40 heavy (non-hydrogen) atoms. The van der Waals surface area contributed by atoms with Crippen LogP contribution in [0.2, 0.25) is 0 Å². The third-order valence-electron chi connectivity index (χ3n) is 8.99. The molecular weight excluding hydrogens is 633 g/mol. The standard InChI is InChI=1S/2C13H14N.2C3H7NO.Ga.Zr/c2*1-2-6-12-11(5-1)7-8-13(12)14-9-3-4-10-14;2*1-2-3(4)5;;/h2*1-2,5-8H,3-4,9-10H2;2*2H2,1H3,(H2,4,5);;/q;;;;+2;/p-2. The van der Waals surface area contributed by atoms with Gasteiger partial charge in [0.2, 0.25) is 0 Å². The molecule has 0 radical (unpaired) electrons. The van der Waals surface area contributed by atoms with E-state index < -0.39 is 31.3 Å². The molecule has 8 heteroatoms. The van der Waals surface area contributed by atoms with Crippen LogP contribution >= 0.6 is 0 Å². The second-order valence-corrected chi connectivity index (χ2v) is 35.6. The van der Waals surface area contributed by atoms with Crippen molar-refractivity contribution in [1.82, 2.24) is 17.8 Å². The van der Waals surface area contributed by atoms with Gasteiger partial charge in [0, 0.05) is 0 Å². The van der Waals surface area contributed by atoms with E-state index in [4.69, 9.17) is 0 Å². The molecule has 2 aliphatic heterocycles. The fourth-order valence-electron chi connectivity index (χ4n) is 6.98. The molecule has 2 aromatic rings. The van der Waals surface area contributed by atoms with Gasteiger partial charge in [-0.2, -0.15) is 0 Å². The molecule has 4 aliphatic rings. The monoisotopic (exact) mass is 671 g/mol. The fourth-order valence-corrected chi connectivity index (χ4v) is 41.6. The van der Waals surface area contributed by atoms with Crippen LogP contribution in [-0.2, 0) is 28.3 Å². The first-order valence-corrected chi connectivity index (χ1v) is 29.0. The molecule has 2 heterocycles. The third-order valence-corrected chi connectivity index (χ3v) is 39.9. The van der Waals surface area contributed by atoms with Gasteiger partial charge in [-0.15, -0.1) is 0 Å². The molecule has 0 saturated carbocycles. The van der Waals surface area contributed by atoms with Gasteiger partial charge in [0.25, 0.3) is 0 Å². The van der Waals surface area contributed by atoms with Crippen molar-refractivity contribution in [2.75, 3.05) is 26.2 Å². The first-order valence-electron chi connectivity index (χ1n) is 15.2. The van der Waals surface area contributed by atoms with Gasteiger partial charge in [0.15, 0.2) is 0 Å². The maximum absolute atomic E-state index is 13.0. The summed E-state index contributed by atoms with van der Waals surface area (Å²) in [6.07, 6.45) is 11.0. The molecule has 2 aliphatic carbocycles. The molecule has 2 fully saturated rings. The van der Waals surface area contributed by atoms with Crippen molar-refractivity contribution in [3.05, 3.63) is 82.9 Å². The summed E-state index contributed by atoms with van der Waals surface area (Å²) in [6, 6.07) is 17.9. The van der Waals surface area contributed by atoms with Gasteiger partial charge in [0.05, 0.1) is 0 Å². The molecule has 2 N–H and O–H groups in total. The zero-order valence-corrected chi connectivity index (χ0v) is 28.7. The number of carbonyl (C=O) groups excluding carboxylic acids is 2. The Morgan fingerprint density at radius 1 is 0.725 bits per heavy atom. The van der Waals surface area contributed by atoms with Crippen molar-refractivity contribution in [1.29, 1.82) is 0 Å². The van der Waals surface area contributed by atoms with Crippen LogP contribution in [0.15, 0.2) is 60.7 Å². The topological polar surface area (TPSA) is 64.7 Å². The number of hydrogen-bond donors (Lipinski definition) is 2. The van der Waals surface area contributed by atoms with Crippen LogP contribution in [-0.4, -0.2) is 60.4 Å². The normalized spacial score (nSPS) is 21.1. The quantitative estimate of drug-likeness (QED) is 0.367. The Bertz CT molecular complexity index is 1230. The first-order chi connectivity index (χ1) is 19.6. The molecule has 6 nitrogen and oxygen atoms in total. The number of carbonyl (C=O) groups is 2. The van der Waals surface area contributed by atoms with Gasteiger partial charge >= 0.3 is 251 Å². The minimum atomic E-state index is -2.83. The number of benzene rings is 2. The minimum absolute atomic E-state index is 0.0876. The van der Waals surface area contributed by atoms with Crippen LogP contribution in [0.3, 0.4) is 0 Å². The summed E-state index contributed by atoms with van der Waals surface area (Å²) in [5, 5.41) is 0. The molecule has 2 saturated heterocycles. The van der Waals surface area contributed by atoms with Crippen molar-refractivity contribution in [3.63, 3.8) is 0 Å². The molecule has 2 atom stereocenters. The third kappa shape index (κ3) is 5.44. The summed E-state index contributed by atoms with van der Waals surface area (Å²) >= 11 is -5.58. The molecular formula is C32H40GaN4O2Zr. The zero-order valence-electron chi connectivity index (χ0n) is 23.8. The number of nitrogens with one attached hydrogen (secondary N) is 2. The summed E-state index contributed by atoms with van der Waals surface area (Å²) < 4.78 is 7.71. The SMILES string of the molecule is CCC(=O)[NH][Ga]([NH]C(=O)CC)[Zr]([CH]1C=C(N2CCCC2)c2ccccc21)[CH]1C=C(N2CCCC2)c2ccccc21. The molecule has 207 valence electrons. The number of amides is 2. The number of hydrogen-bond acceptors (Lipinski definition) is 4. The van der Waals surface area contributed by atoms with Crippen molar-refractivity contribution in [2.24, 2.45) is 0 Å². The zero-order chi connectivity index (χ0) is 27.6. The summed E-state index contributed by atoms with van der Waals surface area (Å²) in [4.78, 5) is 31.2. The van der Waals surface area contributed by atoms with Gasteiger partial charge in [-0.25, -0.2) is 0 Å². The average molecular weight is 674 g/mol. The predicted octanol–water partition coefficient (Wildman–Crippen LogP) is 5.03. The Morgan fingerprint density at radius 3 is 1.52 bits per heavy atom. The van der Waals surface area contributed by atoms with Gasteiger partial charge in [-0.3, -0.25) is 0 Å². The van der Waals surface area contributed by atoms with Crippen LogP contribution in [0.4, 0.5) is 0 Å². The van der Waals surface area contributed by atoms with E-state index >= 15 is 0 Å². The van der Waals surface area contributed by atoms with Gasteiger partial charge in [-0.05, 0) is 0 Å². The van der Waals surface area contributed by atoms with Crippen molar-refractivity contribution in [2.45, 2.75) is 59.6 Å². The van der Waals surface area contributed by atoms with Crippen LogP contribution in [0.25, 0.3) is 11.4 Å². The fraction of sp³-hybridized carbons (Fsp3) is 0.438. The van der Waals surface area contributed by atoms with E-state index in [9.17, 15) is 9.59 Å². The number of rotatable bonds is 9. The Labute approximate surface area is 249 Å². The van der Waals surface area contributed by atoms with Crippen LogP contribution in [0.5, 0.6) is 0 Å². The Hall–Kier alpha value is -2.02. The molecule has 2 unspecified atom stereocenters. The Balaban J connectivity index is 1.50. The molecule has 6 rings (SSSR count). The van der Waals surface area contributed by atoms with E-state index in [1.807, 2.05) is 13.8 Å². The first kappa shape index (κ1) is 28.1. The Kier molecular flexibility index (Phi) is 8.76. The predicted molar refractivity (Wildman–Crippen MR) is 159 cm³/mol. The van der Waals surface area contributed by atoms with Crippen LogP contribution in [0, 0.1) is 0 Å². The van der Waals surface area contributed by atoms with Crippen LogP contribution < -0.4 is 8.05 Å². The molecule has 0 spiro atoms. The summed E-state index contributed by atoms with van der Waals surface area (Å²) in [5.74, 6) is 0.175. The van der Waals surface area contributed by atoms with E-state index in [1.54, 1.807) is 0 Å². The molecule has 0 bridgehead atoms. The molecule has 2 aromatic carbocycles. The van der Waals surface area contributed by atoms with E-state index in [0.717, 1.165) is 26.2 Å². The van der Waals surface area contributed by atoms with E-state index in [0.29, 0.717) is 20.1 Å². The second-order valence-electron chi connectivity index (χ2n) is 11.4. The van der Waals surface area contributed by atoms with Gasteiger partial charge < -0.3 is 0 Å². The molecule has 0 aromatic heterocycles. The number of fused-ring (bicyclic) bond motifs is 2. The van der Waals surface area contributed by atoms with Gasteiger partial charge in [0.1, 0.15) is 0 Å². The van der Waals surface area contributed by atoms with E-state index in [2.05, 4.69) is 78.5 Å². The van der Waals surface area contributed by atoms with E-state index in [1.165, 1.54) is 59.3 Å². The van der Waals surface area contributed by atoms with Gasteiger partial charge in [-0.1, -0.05) is 0 Å². The average Bonchev–Trinajstić information content (AvgIpc) is 3.80. The Morgan fingerprint density at radius 2 is 1.12 bits per heavy atom.